The number of carbonyl (C=O) groups excluding carboxylic acids is 1. The Morgan fingerprint density at radius 3 is 1.67 bits per heavy atom. The van der Waals surface area contributed by atoms with Gasteiger partial charge in [0.2, 0.25) is 10.0 Å². The van der Waals surface area contributed by atoms with E-state index in [1.54, 1.807) is 57.8 Å². The van der Waals surface area contributed by atoms with Gasteiger partial charge in [-0.25, -0.2) is 31.6 Å². The molecule has 0 saturated carbocycles. The first kappa shape index (κ1) is 36.6. The van der Waals surface area contributed by atoms with Crippen molar-refractivity contribution in [3.8, 4) is 22.3 Å². The third-order valence-electron chi connectivity index (χ3n) is 7.48. The molecule has 2 aromatic carbocycles. The molecule has 6 rings (SSSR count). The Labute approximate surface area is 281 Å². The average Bonchev–Trinajstić information content (AvgIpc) is 3.55. The second kappa shape index (κ2) is 15.4. The molecule has 258 valence electrons. The summed E-state index contributed by atoms with van der Waals surface area (Å²) in [5.41, 5.74) is 7.32. The first-order valence-corrected chi connectivity index (χ1v) is 18.4. The van der Waals surface area contributed by atoms with Gasteiger partial charge >= 0.3 is 11.5 Å². The predicted molar refractivity (Wildman–Crippen MR) is 186 cm³/mol. The molecule has 0 unspecified atom stereocenters. The van der Waals surface area contributed by atoms with Gasteiger partial charge in [0.05, 0.1) is 22.5 Å². The fourth-order valence-corrected chi connectivity index (χ4v) is 5.33. The molecule has 2 N–H and O–H groups in total. The fourth-order valence-electron chi connectivity index (χ4n) is 4.49. The first-order chi connectivity index (χ1) is 23.1. The van der Waals surface area contributed by atoms with Gasteiger partial charge < -0.3 is 8.83 Å². The molecule has 16 heteroatoms. The van der Waals surface area contributed by atoms with E-state index in [4.69, 9.17) is 8.83 Å². The lowest BCUT2D eigenvalue weighted by Crippen LogP contribution is -2.13. The lowest BCUT2D eigenvalue weighted by Gasteiger charge is -2.06. The normalized spacial score (nSPS) is 11.4. The van der Waals surface area contributed by atoms with Gasteiger partial charge in [0.25, 0.3) is 0 Å². The third kappa shape index (κ3) is 9.46. The molecule has 6 aromatic rings. The Hall–Kier alpha value is -5.19. The Bertz CT molecular complexity index is 2460. The Kier molecular flexibility index (Phi) is 11.5. The molecule has 0 aliphatic heterocycles. The third-order valence-corrected chi connectivity index (χ3v) is 9.99. The van der Waals surface area contributed by atoms with Crippen LogP contribution in [0.3, 0.4) is 0 Å². The number of benzene rings is 2. The maximum Gasteiger partial charge on any atom is 0.419 e. The number of fused-ring (bicyclic) bond motifs is 2. The van der Waals surface area contributed by atoms with Gasteiger partial charge in [-0.15, -0.1) is 0 Å². The zero-order valence-corrected chi connectivity index (χ0v) is 28.8. The number of oxazole rings is 2. The van der Waals surface area contributed by atoms with Crippen LogP contribution in [0.2, 0.25) is 0 Å². The van der Waals surface area contributed by atoms with Crippen LogP contribution in [0.25, 0.3) is 44.5 Å². The molecule has 4 aromatic heterocycles. The van der Waals surface area contributed by atoms with Crippen LogP contribution in [0, 0.1) is 0 Å². The predicted octanol–water partition coefficient (Wildman–Crippen LogP) is 3.47. The number of aryl methyl sites for hydroxylation is 3. The highest BCUT2D eigenvalue weighted by Crippen LogP contribution is 2.25. The summed E-state index contributed by atoms with van der Waals surface area (Å²) < 4.78 is 55.9. The molecule has 0 spiro atoms. The topological polar surface area (TPSA) is 207 Å². The van der Waals surface area contributed by atoms with Crippen LogP contribution in [0.5, 0.6) is 0 Å². The zero-order valence-electron chi connectivity index (χ0n) is 27.2. The zero-order chi connectivity index (χ0) is 35.9. The Balaban J connectivity index is 0.000000193. The Morgan fingerprint density at radius 2 is 1.20 bits per heavy atom. The van der Waals surface area contributed by atoms with E-state index in [0.29, 0.717) is 34.2 Å². The lowest BCUT2D eigenvalue weighted by molar-refractivity contribution is 0.112. The van der Waals surface area contributed by atoms with Crippen LogP contribution in [-0.4, -0.2) is 59.5 Å². The van der Waals surface area contributed by atoms with Gasteiger partial charge in [-0.05, 0) is 66.4 Å². The second-order valence-electron chi connectivity index (χ2n) is 10.9. The fraction of sp³-hybridized carbons (Fsp3) is 0.242. The smallest absolute Gasteiger partial charge is 0.408 e. The summed E-state index contributed by atoms with van der Waals surface area (Å²) >= 11 is 0. The number of sulfonamides is 1. The van der Waals surface area contributed by atoms with Crippen LogP contribution in [0.1, 0.15) is 29.8 Å². The number of sulfone groups is 1. The van der Waals surface area contributed by atoms with Gasteiger partial charge in [-0.2, -0.15) is 0 Å². The van der Waals surface area contributed by atoms with Crippen LogP contribution < -0.4 is 16.7 Å². The number of primary sulfonamides is 1. The standard InChI is InChI=1S/C17H18N2O4S.C14H10N2O3.C2H7NO2S/c1-3-24(21,22)7-6-12-8-14(11-18-10-12)13-4-5-16-15(9-13)19(2)17(20)23-16;1-16-12-5-10(2-3-13(12)19-14(16)18)11-4-9(8-17)6-15-7-11;1-2-6(3,4)5/h4-5,8-11H,3,6-7H2,1-2H3;2-8H,1H3;2H2,1H3,(H2,3,4,5). The van der Waals surface area contributed by atoms with Crippen LogP contribution in [-0.2, 0) is 40.4 Å². The summed E-state index contributed by atoms with van der Waals surface area (Å²) in [6, 6.07) is 14.6. The van der Waals surface area contributed by atoms with E-state index in [2.05, 4.69) is 15.1 Å². The largest absolute Gasteiger partial charge is 0.419 e. The molecular weight excluding hydrogens is 675 g/mol. The quantitative estimate of drug-likeness (QED) is 0.226. The number of nitrogens with zero attached hydrogens (tertiary/aromatic N) is 4. The van der Waals surface area contributed by atoms with Gasteiger partial charge in [-0.1, -0.05) is 19.1 Å². The molecule has 0 aliphatic rings. The number of pyridine rings is 2. The number of nitrogens with two attached hydrogens (primary N) is 1. The van der Waals surface area contributed by atoms with Gasteiger partial charge in [0.1, 0.15) is 9.84 Å². The SMILES string of the molecule is CCS(=O)(=O)CCc1cncc(-c2ccc3oc(=O)n(C)c3c2)c1.CCS(N)(=O)=O.Cn1c(=O)oc2ccc(-c3cncc(C=O)c3)cc21. The summed E-state index contributed by atoms with van der Waals surface area (Å²) in [7, 11) is -2.86. The number of hydrogen-bond acceptors (Lipinski definition) is 11. The van der Waals surface area contributed by atoms with E-state index in [-0.39, 0.29) is 17.3 Å². The van der Waals surface area contributed by atoms with Crippen molar-refractivity contribution in [3.05, 3.63) is 106 Å². The van der Waals surface area contributed by atoms with E-state index >= 15 is 0 Å². The molecule has 49 heavy (non-hydrogen) atoms. The minimum absolute atomic E-state index is 0.0208. The summed E-state index contributed by atoms with van der Waals surface area (Å²) in [6.45, 7) is 3.14. The minimum Gasteiger partial charge on any atom is -0.408 e. The second-order valence-corrected chi connectivity index (χ2v) is 15.2. The molecule has 0 saturated heterocycles. The maximum absolute atomic E-state index is 11.7. The molecule has 0 bridgehead atoms. The molecule has 4 heterocycles. The van der Waals surface area contributed by atoms with Crippen molar-refractivity contribution in [3.63, 3.8) is 0 Å². The molecule has 0 fully saturated rings. The van der Waals surface area contributed by atoms with E-state index in [1.165, 1.54) is 22.3 Å². The highest BCUT2D eigenvalue weighted by atomic mass is 32.2. The Morgan fingerprint density at radius 1 is 0.714 bits per heavy atom. The number of aldehydes is 1. The van der Waals surface area contributed by atoms with E-state index in [0.717, 1.165) is 34.1 Å². The van der Waals surface area contributed by atoms with E-state index in [9.17, 15) is 31.2 Å². The van der Waals surface area contributed by atoms with Gasteiger partial charge in [-0.3, -0.25) is 23.9 Å². The van der Waals surface area contributed by atoms with Crippen molar-refractivity contribution >= 4 is 48.3 Å². The van der Waals surface area contributed by atoms with Crippen LogP contribution >= 0.6 is 0 Å². The molecule has 14 nitrogen and oxygen atoms in total. The molecule has 0 amide bonds. The van der Waals surface area contributed by atoms with Gasteiger partial charge in [0, 0.05) is 61.3 Å². The molecular formula is C33H35N5O9S2. The van der Waals surface area contributed by atoms with Crippen molar-refractivity contribution in [2.75, 3.05) is 17.3 Å². The number of carbonyl (C=O) groups is 1. The molecule has 0 radical (unpaired) electrons. The first-order valence-electron chi connectivity index (χ1n) is 14.9. The van der Waals surface area contributed by atoms with Gasteiger partial charge in [0.15, 0.2) is 17.5 Å². The number of aromatic nitrogens is 4. The van der Waals surface area contributed by atoms with Crippen LogP contribution in [0.15, 0.2) is 91.7 Å². The van der Waals surface area contributed by atoms with Crippen molar-refractivity contribution in [1.29, 1.82) is 0 Å². The summed E-state index contributed by atoms with van der Waals surface area (Å²) in [5.74, 6) is -0.520. The van der Waals surface area contributed by atoms with Crippen molar-refractivity contribution in [2.24, 2.45) is 19.2 Å². The van der Waals surface area contributed by atoms with E-state index in [1.807, 2.05) is 30.3 Å². The van der Waals surface area contributed by atoms with Crippen molar-refractivity contribution < 1.29 is 30.5 Å². The van der Waals surface area contributed by atoms with E-state index < -0.39 is 31.4 Å². The van der Waals surface area contributed by atoms with Crippen molar-refractivity contribution in [2.45, 2.75) is 20.3 Å². The maximum atomic E-state index is 11.7. The highest BCUT2D eigenvalue weighted by molar-refractivity contribution is 7.91. The minimum atomic E-state index is -3.16. The number of rotatable bonds is 8. The number of hydrogen-bond donors (Lipinski definition) is 1. The summed E-state index contributed by atoms with van der Waals surface area (Å²) in [4.78, 5) is 42.0. The molecule has 0 aliphatic carbocycles. The highest BCUT2D eigenvalue weighted by Gasteiger charge is 2.11. The summed E-state index contributed by atoms with van der Waals surface area (Å²) in [5, 5.41) is 4.51. The van der Waals surface area contributed by atoms with Crippen molar-refractivity contribution in [1.82, 2.24) is 19.1 Å². The summed E-state index contributed by atoms with van der Waals surface area (Å²) in [6.07, 6.45) is 7.76. The molecule has 0 atom stereocenters. The van der Waals surface area contributed by atoms with Crippen LogP contribution in [0.4, 0.5) is 0 Å². The monoisotopic (exact) mass is 709 g/mol. The average molecular weight is 710 g/mol. The lowest BCUT2D eigenvalue weighted by atomic mass is 10.0.